The summed E-state index contributed by atoms with van der Waals surface area (Å²) in [7, 11) is 0. The molecule has 1 aromatic heterocycles. The molecule has 0 saturated carbocycles. The molecule has 0 bridgehead atoms. The van der Waals surface area contributed by atoms with Gasteiger partial charge in [0.1, 0.15) is 18.1 Å². The number of H-pyrrole nitrogens is 1. The Bertz CT molecular complexity index is 1110. The van der Waals surface area contributed by atoms with Gasteiger partial charge in [0.2, 0.25) is 24.0 Å². The van der Waals surface area contributed by atoms with Gasteiger partial charge in [0.05, 0.1) is 18.1 Å². The molecule has 1 aromatic carbocycles. The molecular weight excluding hydrogens is 502 g/mol. The van der Waals surface area contributed by atoms with Gasteiger partial charge in [-0.2, -0.15) is 0 Å². The number of likely N-dealkylation sites (tertiary alicyclic amines) is 1. The summed E-state index contributed by atoms with van der Waals surface area (Å²) in [5.41, 5.74) is 12.8. The molecule has 2 aromatic rings. The molecular formula is C26H36N9O4. The molecule has 1 fully saturated rings. The molecule has 0 spiro atoms. The fourth-order valence-corrected chi connectivity index (χ4v) is 4.52. The molecule has 1 aliphatic heterocycles. The number of carbonyl (C=O) groups is 3. The minimum Gasteiger partial charge on any atom is -0.370 e. The van der Waals surface area contributed by atoms with E-state index in [0.717, 1.165) is 5.56 Å². The highest BCUT2D eigenvalue weighted by Gasteiger charge is 2.37. The lowest BCUT2D eigenvalue weighted by atomic mass is 10.0. The second kappa shape index (κ2) is 14.6. The molecule has 39 heavy (non-hydrogen) atoms. The van der Waals surface area contributed by atoms with E-state index in [4.69, 9.17) is 16.9 Å². The largest absolute Gasteiger partial charge is 0.370 e. The van der Waals surface area contributed by atoms with E-state index < -0.39 is 36.0 Å². The van der Waals surface area contributed by atoms with Crippen LogP contribution in [-0.2, 0) is 32.0 Å². The number of hydrogen-bond donors (Lipinski definition) is 7. The van der Waals surface area contributed by atoms with E-state index in [0.29, 0.717) is 44.5 Å². The molecule has 4 unspecified atom stereocenters. The van der Waals surface area contributed by atoms with Crippen molar-refractivity contribution in [3.8, 4) is 0 Å². The van der Waals surface area contributed by atoms with Gasteiger partial charge in [0.15, 0.2) is 5.96 Å². The Kier molecular flexibility index (Phi) is 11.0. The first-order chi connectivity index (χ1) is 18.8. The molecule has 1 aliphatic rings. The van der Waals surface area contributed by atoms with Crippen LogP contribution in [0.25, 0.3) is 0 Å². The van der Waals surface area contributed by atoms with Gasteiger partial charge in [-0.15, -0.1) is 0 Å². The molecule has 2 heterocycles. The fraction of sp³-hybridized carbons (Fsp3) is 0.462. The second-order valence-corrected chi connectivity index (χ2v) is 9.47. The first-order valence-electron chi connectivity index (χ1n) is 12.9. The summed E-state index contributed by atoms with van der Waals surface area (Å²) in [6, 6.07) is 5.68. The lowest BCUT2D eigenvalue weighted by Crippen LogP contribution is -2.56. The first-order valence-corrected chi connectivity index (χ1v) is 12.9. The number of aromatic nitrogens is 2. The van der Waals surface area contributed by atoms with Gasteiger partial charge in [-0.25, -0.2) is 4.98 Å². The number of amides is 3. The maximum atomic E-state index is 13.4. The topological polar surface area (TPSA) is 212 Å². The Labute approximate surface area is 227 Å². The minimum atomic E-state index is -0.987. The third kappa shape index (κ3) is 8.92. The number of benzene rings is 1. The van der Waals surface area contributed by atoms with Crippen molar-refractivity contribution in [3.05, 3.63) is 54.1 Å². The number of rotatable bonds is 14. The molecule has 13 heteroatoms. The van der Waals surface area contributed by atoms with Crippen LogP contribution in [0.15, 0.2) is 42.9 Å². The van der Waals surface area contributed by atoms with Crippen LogP contribution in [0.3, 0.4) is 0 Å². The van der Waals surface area contributed by atoms with Crippen molar-refractivity contribution in [1.82, 2.24) is 30.8 Å². The van der Waals surface area contributed by atoms with Crippen LogP contribution in [0.5, 0.6) is 0 Å². The number of imidazole rings is 1. The van der Waals surface area contributed by atoms with Gasteiger partial charge < -0.3 is 37.3 Å². The predicted octanol–water partition coefficient (Wildman–Crippen LogP) is -1.14. The van der Waals surface area contributed by atoms with Crippen molar-refractivity contribution >= 4 is 30.0 Å². The molecule has 9 N–H and O–H groups in total. The average molecular weight is 539 g/mol. The van der Waals surface area contributed by atoms with Crippen LogP contribution < -0.4 is 27.4 Å². The zero-order valence-corrected chi connectivity index (χ0v) is 21.7. The van der Waals surface area contributed by atoms with Crippen LogP contribution in [0.1, 0.15) is 36.9 Å². The Morgan fingerprint density at radius 1 is 1.21 bits per heavy atom. The predicted molar refractivity (Wildman–Crippen MR) is 144 cm³/mol. The van der Waals surface area contributed by atoms with Gasteiger partial charge in [-0.3, -0.25) is 24.6 Å². The van der Waals surface area contributed by atoms with E-state index in [1.165, 1.54) is 11.2 Å². The van der Waals surface area contributed by atoms with Crippen molar-refractivity contribution in [2.75, 3.05) is 13.1 Å². The maximum absolute atomic E-state index is 13.4. The fourth-order valence-electron chi connectivity index (χ4n) is 4.52. The number of nitrogens with zero attached hydrogens (tertiary/aromatic N) is 2. The Balaban J connectivity index is 1.66. The zero-order chi connectivity index (χ0) is 28.2. The summed E-state index contributed by atoms with van der Waals surface area (Å²) in [5.74, 6) is -1.49. The summed E-state index contributed by atoms with van der Waals surface area (Å²) < 4.78 is 0. The van der Waals surface area contributed by atoms with E-state index >= 15 is 0 Å². The average Bonchev–Trinajstić information content (AvgIpc) is 3.62. The Hall–Kier alpha value is -4.26. The highest BCUT2D eigenvalue weighted by Crippen LogP contribution is 2.20. The SMILES string of the molecule is N=C(N)NCCCC(N)C(=O)N1CCCC1C(=O)NC(Cc1ccccc1)C(=O)NC([C]=O)Cc1c[nH]cn1. The summed E-state index contributed by atoms with van der Waals surface area (Å²) >= 11 is 0. The van der Waals surface area contributed by atoms with Gasteiger partial charge in [-0.1, -0.05) is 30.3 Å². The molecule has 3 amide bonds. The highest BCUT2D eigenvalue weighted by molar-refractivity contribution is 5.94. The Morgan fingerprint density at radius 2 is 1.97 bits per heavy atom. The third-order valence-corrected chi connectivity index (χ3v) is 6.51. The van der Waals surface area contributed by atoms with Crippen LogP contribution in [0, 0.1) is 5.41 Å². The highest BCUT2D eigenvalue weighted by atomic mass is 16.2. The zero-order valence-electron chi connectivity index (χ0n) is 21.7. The van der Waals surface area contributed by atoms with Gasteiger partial charge in [0, 0.05) is 32.1 Å². The summed E-state index contributed by atoms with van der Waals surface area (Å²) in [6.07, 6.45) is 7.22. The van der Waals surface area contributed by atoms with E-state index in [-0.39, 0.29) is 24.7 Å². The smallest absolute Gasteiger partial charge is 0.243 e. The van der Waals surface area contributed by atoms with Crippen molar-refractivity contribution in [3.63, 3.8) is 0 Å². The van der Waals surface area contributed by atoms with Crippen molar-refractivity contribution < 1.29 is 19.2 Å². The number of nitrogens with one attached hydrogen (secondary N) is 5. The van der Waals surface area contributed by atoms with Crippen molar-refractivity contribution in [1.29, 1.82) is 5.41 Å². The molecule has 0 aliphatic carbocycles. The normalized spacial score (nSPS) is 17.1. The lowest BCUT2D eigenvalue weighted by Gasteiger charge is -2.28. The second-order valence-electron chi connectivity index (χ2n) is 9.47. The maximum Gasteiger partial charge on any atom is 0.243 e. The summed E-state index contributed by atoms with van der Waals surface area (Å²) in [6.45, 7) is 0.799. The number of hydrogen-bond acceptors (Lipinski definition) is 7. The van der Waals surface area contributed by atoms with Crippen LogP contribution in [0.4, 0.5) is 0 Å². The van der Waals surface area contributed by atoms with Gasteiger partial charge in [0.25, 0.3) is 0 Å². The standard InChI is InChI=1S/C26H36N9O4/c27-20(8-4-10-31-26(28)29)25(39)35-11-5-9-22(35)24(38)34-21(12-17-6-2-1-3-7-17)23(37)33-19(15-36)13-18-14-30-16-32-18/h1-3,6-7,14,16,19-22H,4-5,8-13,27H2,(H,30,32)(H,33,37)(H,34,38)(H4,28,29,31). The van der Waals surface area contributed by atoms with E-state index in [2.05, 4.69) is 25.9 Å². The van der Waals surface area contributed by atoms with Crippen molar-refractivity contribution in [2.24, 2.45) is 11.5 Å². The number of nitrogens with two attached hydrogens (primary N) is 2. The van der Waals surface area contributed by atoms with Crippen LogP contribution >= 0.6 is 0 Å². The monoisotopic (exact) mass is 538 g/mol. The van der Waals surface area contributed by atoms with Gasteiger partial charge >= 0.3 is 0 Å². The summed E-state index contributed by atoms with van der Waals surface area (Å²) in [5, 5.41) is 15.3. The summed E-state index contributed by atoms with van der Waals surface area (Å²) in [4.78, 5) is 59.5. The molecule has 3 rings (SSSR count). The van der Waals surface area contributed by atoms with Gasteiger partial charge in [-0.05, 0) is 31.2 Å². The molecule has 4 atom stereocenters. The van der Waals surface area contributed by atoms with Crippen LogP contribution in [-0.4, -0.2) is 82.1 Å². The molecule has 1 radical (unpaired) electrons. The molecule has 13 nitrogen and oxygen atoms in total. The molecule has 209 valence electrons. The van der Waals surface area contributed by atoms with E-state index in [1.54, 1.807) is 6.20 Å². The third-order valence-electron chi connectivity index (χ3n) is 6.51. The van der Waals surface area contributed by atoms with E-state index in [9.17, 15) is 19.2 Å². The quantitative estimate of drug-likeness (QED) is 0.0884. The number of guanidine groups is 1. The number of aromatic amines is 1. The molecule has 1 saturated heterocycles. The number of carbonyl (C=O) groups excluding carboxylic acids is 4. The van der Waals surface area contributed by atoms with E-state index in [1.807, 2.05) is 36.6 Å². The minimum absolute atomic E-state index is 0.148. The van der Waals surface area contributed by atoms with Crippen molar-refractivity contribution in [2.45, 2.75) is 62.7 Å². The Morgan fingerprint density at radius 3 is 2.64 bits per heavy atom. The van der Waals surface area contributed by atoms with Crippen LogP contribution in [0.2, 0.25) is 0 Å². The first kappa shape index (κ1) is 29.3. The lowest BCUT2D eigenvalue weighted by molar-refractivity contribution is -0.140.